The van der Waals surface area contributed by atoms with Crippen molar-refractivity contribution in [2.45, 2.75) is 331 Å². The Bertz CT molecular complexity index is 1180. The Hall–Kier alpha value is -0.0800. The molecule has 0 heterocycles. The van der Waals surface area contributed by atoms with Crippen LogP contribution in [-0.2, 0) is 18.2 Å². The zero-order chi connectivity index (χ0) is 51.9. The van der Waals surface area contributed by atoms with Crippen LogP contribution in [-0.4, -0.2) is 109 Å². The molecule has 1 rings (SSSR count). The van der Waals surface area contributed by atoms with Crippen molar-refractivity contribution < 1.29 is 53.5 Å². The van der Waals surface area contributed by atoms with Crippen LogP contribution in [0, 0.1) is 0 Å². The minimum atomic E-state index is -3.86. The van der Waals surface area contributed by atoms with Gasteiger partial charge in [-0.1, -0.05) is 238 Å². The maximum atomic E-state index is 11.0. The first-order valence-electron chi connectivity index (χ1n) is 30.1. The Morgan fingerprint density at radius 3 is 1.23 bits per heavy atom. The molecule has 0 radical (unpaired) electrons. The zero-order valence-corrected chi connectivity index (χ0v) is 47.6. The molecule has 0 bridgehead atoms. The van der Waals surface area contributed by atoms with Crippen LogP contribution in [0.4, 0.5) is 0 Å². The molecule has 4 unspecified atom stereocenters. The molecule has 0 saturated heterocycles. The lowest BCUT2D eigenvalue weighted by atomic mass is 9.85. The molecule has 1 saturated carbocycles. The summed E-state index contributed by atoms with van der Waals surface area (Å²) in [7, 11) is -3.86. The van der Waals surface area contributed by atoms with Crippen molar-refractivity contribution in [3.8, 4) is 0 Å². The second kappa shape index (κ2) is 49.5. The Morgan fingerprint density at radius 1 is 0.451 bits per heavy atom. The van der Waals surface area contributed by atoms with Crippen molar-refractivity contribution in [3.63, 3.8) is 0 Å². The number of aliphatic hydroxyl groups is 5. The van der Waals surface area contributed by atoms with Gasteiger partial charge in [0.05, 0.1) is 12.7 Å². The summed E-state index contributed by atoms with van der Waals surface area (Å²) in [5.41, 5.74) is 0. The van der Waals surface area contributed by atoms with Crippen molar-refractivity contribution in [2.24, 2.45) is 0 Å². The molecule has 1 aliphatic carbocycles. The van der Waals surface area contributed by atoms with E-state index in [4.69, 9.17) is 23.4 Å². The monoisotopic (exact) mass is 1050 g/mol. The number of allylic oxidation sites excluding steroid dienone is 2. The number of rotatable bonds is 54. The summed E-state index contributed by atoms with van der Waals surface area (Å²) in [6.45, 7) is 6.44. The smallest absolute Gasteiger partial charge is 0.325 e. The minimum absolute atomic E-state index is 0.00573. The Kier molecular flexibility index (Phi) is 48.0. The fraction of sp³-hybridized carbons (Fsp3) is 0.966. The van der Waals surface area contributed by atoms with E-state index in [0.29, 0.717) is 32.7 Å². The first kappa shape index (κ1) is 68.9. The van der Waals surface area contributed by atoms with Crippen molar-refractivity contribution in [1.82, 2.24) is 0 Å². The Balaban J connectivity index is 2.65. The lowest BCUT2D eigenvalue weighted by molar-refractivity contribution is -0.214. The van der Waals surface area contributed by atoms with Gasteiger partial charge in [-0.15, -0.1) is 0 Å². The van der Waals surface area contributed by atoms with Crippen molar-refractivity contribution in [2.75, 3.05) is 26.0 Å². The first-order chi connectivity index (χ1) is 34.5. The molecule has 424 valence electrons. The fourth-order valence-corrected chi connectivity index (χ4v) is 11.5. The number of aliphatic hydroxyl groups excluding tert-OH is 5. The number of ether oxygens (including phenoxy) is 2. The summed E-state index contributed by atoms with van der Waals surface area (Å²) >= 11 is 1.18. The third-order valence-corrected chi connectivity index (χ3v) is 16.5. The molecule has 11 nitrogen and oxygen atoms in total. The van der Waals surface area contributed by atoms with E-state index in [-0.39, 0.29) is 17.5 Å². The van der Waals surface area contributed by atoms with E-state index in [1.807, 2.05) is 0 Å². The molecule has 1 fully saturated rings. The molecular formula is C58H115O11PS. The summed E-state index contributed by atoms with van der Waals surface area (Å²) in [5.74, 6) is 0. The highest BCUT2D eigenvalue weighted by molar-refractivity contribution is 7.95. The SMILES string of the molecule is CCCCCCCCCCCCCCCCOCC(CC(CCCCCC/C=C\CCCCCCCCP(=O)(O)O)SOC1[C@@H](O)[C@H](O)C(O)[C@H](O)[C@@H]1O)OCCCCCCCCCCCCCCCC. The summed E-state index contributed by atoms with van der Waals surface area (Å²) in [6.07, 6.45) is 45.7. The maximum Gasteiger partial charge on any atom is 0.325 e. The normalized spacial score (nSPS) is 20.6. The molecule has 0 amide bonds. The van der Waals surface area contributed by atoms with Crippen molar-refractivity contribution in [3.05, 3.63) is 12.2 Å². The van der Waals surface area contributed by atoms with Gasteiger partial charge in [0.2, 0.25) is 0 Å². The van der Waals surface area contributed by atoms with E-state index in [1.54, 1.807) is 0 Å². The second-order valence-corrected chi connectivity index (χ2v) is 24.3. The van der Waals surface area contributed by atoms with E-state index in [2.05, 4.69) is 26.0 Å². The predicted octanol–water partition coefficient (Wildman–Crippen LogP) is 14.8. The zero-order valence-electron chi connectivity index (χ0n) is 45.9. The molecule has 13 heteroatoms. The first-order valence-corrected chi connectivity index (χ1v) is 32.7. The van der Waals surface area contributed by atoms with Crippen molar-refractivity contribution in [1.29, 1.82) is 0 Å². The molecule has 1 aliphatic rings. The standard InChI is InChI=1S/C58H115O11PS/c1-3-5-7-9-11-13-15-17-22-26-30-34-38-42-46-67-50-51(68-47-43-39-35-31-27-23-18-16-14-12-10-8-6-4-2)49-52(71-69-58-56(62)54(60)53(59)55(61)57(58)63)45-41-37-33-29-25-21-19-20-24-28-32-36-40-44-48-70(64,65)66/h19,21,51-63H,3-18,20,22-50H2,1-2H3,(H2,64,65,66)/b21-19-/t51?,52?,53?,54-,55+,56-,57-,58?/m0/s1. The van der Waals surface area contributed by atoms with Gasteiger partial charge < -0.3 is 49.0 Å². The van der Waals surface area contributed by atoms with Gasteiger partial charge >= 0.3 is 7.60 Å². The Labute approximate surface area is 441 Å². The largest absolute Gasteiger partial charge is 0.387 e. The van der Waals surface area contributed by atoms with Gasteiger partial charge in [-0.3, -0.25) is 4.57 Å². The van der Waals surface area contributed by atoms with Gasteiger partial charge in [0.15, 0.2) is 0 Å². The fourth-order valence-electron chi connectivity index (χ4n) is 9.81. The lowest BCUT2D eigenvalue weighted by Crippen LogP contribution is -2.63. The number of hydrogen-bond acceptors (Lipinski definition) is 10. The predicted molar refractivity (Wildman–Crippen MR) is 298 cm³/mol. The van der Waals surface area contributed by atoms with Crippen LogP contribution in [0.2, 0.25) is 0 Å². The number of unbranched alkanes of at least 4 members (excludes halogenated alkanes) is 36. The average Bonchev–Trinajstić information content (AvgIpc) is 3.35. The van der Waals surface area contributed by atoms with E-state index >= 15 is 0 Å². The molecule has 0 aromatic rings. The maximum absolute atomic E-state index is 11.0. The summed E-state index contributed by atoms with van der Waals surface area (Å²) < 4.78 is 30.0. The van der Waals surface area contributed by atoms with Crippen molar-refractivity contribution >= 4 is 19.6 Å². The third-order valence-electron chi connectivity index (χ3n) is 14.6. The summed E-state index contributed by atoms with van der Waals surface area (Å²) in [6, 6.07) is 0. The topological polar surface area (TPSA) is 186 Å². The van der Waals surface area contributed by atoms with Crippen LogP contribution in [0.3, 0.4) is 0 Å². The molecule has 0 aromatic carbocycles. The lowest BCUT2D eigenvalue weighted by Gasteiger charge is -2.41. The summed E-state index contributed by atoms with van der Waals surface area (Å²) in [4.78, 5) is 18.0. The molecule has 0 spiro atoms. The Morgan fingerprint density at radius 2 is 0.803 bits per heavy atom. The van der Waals surface area contributed by atoms with E-state index in [0.717, 1.165) is 96.3 Å². The van der Waals surface area contributed by atoms with E-state index < -0.39 is 44.2 Å². The molecule has 0 aliphatic heterocycles. The number of hydrogen-bond donors (Lipinski definition) is 7. The molecular weight excluding hydrogens is 936 g/mol. The van der Waals surface area contributed by atoms with Gasteiger partial charge in [0.1, 0.15) is 36.6 Å². The van der Waals surface area contributed by atoms with Gasteiger partial charge in [-0.2, -0.15) is 0 Å². The third kappa shape index (κ3) is 41.7. The molecule has 71 heavy (non-hydrogen) atoms. The van der Waals surface area contributed by atoms with Crippen LogP contribution >= 0.6 is 19.6 Å². The van der Waals surface area contributed by atoms with Crippen LogP contribution in [0.15, 0.2) is 12.2 Å². The van der Waals surface area contributed by atoms with Gasteiger partial charge in [0, 0.05) is 24.6 Å². The van der Waals surface area contributed by atoms with Gasteiger partial charge in [0.25, 0.3) is 0 Å². The van der Waals surface area contributed by atoms with Crippen LogP contribution < -0.4 is 0 Å². The highest BCUT2D eigenvalue weighted by Crippen LogP contribution is 2.36. The molecule has 8 atom stereocenters. The van der Waals surface area contributed by atoms with Crippen LogP contribution in [0.1, 0.15) is 284 Å². The van der Waals surface area contributed by atoms with Crippen LogP contribution in [0.5, 0.6) is 0 Å². The summed E-state index contributed by atoms with van der Waals surface area (Å²) in [5, 5.41) is 52.4. The van der Waals surface area contributed by atoms with Gasteiger partial charge in [-0.05, 0) is 69.8 Å². The van der Waals surface area contributed by atoms with Crippen LogP contribution in [0.25, 0.3) is 0 Å². The average molecular weight is 1050 g/mol. The van der Waals surface area contributed by atoms with Gasteiger partial charge in [-0.25, -0.2) is 0 Å². The quantitative estimate of drug-likeness (QED) is 0.0132. The van der Waals surface area contributed by atoms with E-state index in [1.165, 1.54) is 173 Å². The minimum Gasteiger partial charge on any atom is -0.387 e. The highest BCUT2D eigenvalue weighted by Gasteiger charge is 2.49. The molecule has 7 N–H and O–H groups in total. The van der Waals surface area contributed by atoms with E-state index in [9.17, 15) is 30.1 Å². The second-order valence-electron chi connectivity index (χ2n) is 21.5. The highest BCUT2D eigenvalue weighted by atomic mass is 32.2. The molecule has 0 aromatic heterocycles.